The maximum Gasteiger partial charge on any atom is 0.471 e. The molecule has 0 aromatic rings. The van der Waals surface area contributed by atoms with Crippen LogP contribution in [0.4, 0.5) is 13.2 Å². The van der Waals surface area contributed by atoms with Gasteiger partial charge < -0.3 is 15.3 Å². The summed E-state index contributed by atoms with van der Waals surface area (Å²) in [5, 5.41) is 10.9. The quantitative estimate of drug-likeness (QED) is 0.652. The minimum atomic E-state index is -4.98. The second-order valence-electron chi connectivity index (χ2n) is 3.69. The first kappa shape index (κ1) is 15.7. The van der Waals surface area contributed by atoms with Crippen molar-refractivity contribution in [3.05, 3.63) is 0 Å². The Kier molecular flexibility index (Phi) is 5.94. The zero-order valence-electron chi connectivity index (χ0n) is 9.49. The number of halogens is 3. The predicted molar refractivity (Wildman–Crippen MR) is 53.0 cm³/mol. The summed E-state index contributed by atoms with van der Waals surface area (Å²) in [6, 6.07) is -1.05. The van der Waals surface area contributed by atoms with Gasteiger partial charge in [0.05, 0.1) is 12.1 Å². The van der Waals surface area contributed by atoms with E-state index in [9.17, 15) is 27.9 Å². The van der Waals surface area contributed by atoms with E-state index in [-0.39, 0.29) is 13.0 Å². The summed E-state index contributed by atoms with van der Waals surface area (Å²) in [4.78, 5) is 22.1. The molecule has 5 nitrogen and oxygen atoms in total. The number of nitrogens with zero attached hydrogens (tertiary/aromatic N) is 1. The van der Waals surface area contributed by atoms with Gasteiger partial charge >= 0.3 is 12.1 Å². The van der Waals surface area contributed by atoms with Gasteiger partial charge in [-0.05, 0) is 13.3 Å². The fourth-order valence-corrected chi connectivity index (χ4v) is 1.08. The molecule has 17 heavy (non-hydrogen) atoms. The predicted octanol–water partition coefficient (Wildman–Crippen LogP) is -0.107. The molecule has 0 saturated carbocycles. The lowest BCUT2D eigenvalue weighted by Gasteiger charge is -2.23. The number of aliphatic hydroxyl groups excluding tert-OH is 1. The van der Waals surface area contributed by atoms with Crippen molar-refractivity contribution in [1.82, 2.24) is 10.2 Å². The second kappa shape index (κ2) is 6.43. The maximum atomic E-state index is 12.0. The minimum absolute atomic E-state index is 0.0364. The first-order chi connectivity index (χ1) is 7.68. The van der Waals surface area contributed by atoms with Gasteiger partial charge in [-0.1, -0.05) is 0 Å². The molecule has 2 N–H and O–H groups in total. The molecule has 0 aliphatic carbocycles. The average Bonchev–Trinajstić information content (AvgIpc) is 2.21. The molecular formula is C9H15F3N2O3. The van der Waals surface area contributed by atoms with Crippen LogP contribution < -0.4 is 5.32 Å². The first-order valence-corrected chi connectivity index (χ1v) is 4.89. The van der Waals surface area contributed by atoms with E-state index in [2.05, 4.69) is 0 Å². The van der Waals surface area contributed by atoms with E-state index in [1.165, 1.54) is 18.9 Å². The third kappa shape index (κ3) is 6.10. The molecule has 0 aliphatic heterocycles. The molecule has 0 radical (unpaired) electrons. The monoisotopic (exact) mass is 256 g/mol. The summed E-state index contributed by atoms with van der Waals surface area (Å²) in [6.07, 6.45) is -5.58. The van der Waals surface area contributed by atoms with E-state index in [4.69, 9.17) is 0 Å². The summed E-state index contributed by atoms with van der Waals surface area (Å²) < 4.78 is 35.9. The Morgan fingerprint density at radius 2 is 2.06 bits per heavy atom. The SMILES string of the molecule is C[C@H](O)[C@H](CCN(C)C=O)NC(=O)C(F)(F)F. The van der Waals surface area contributed by atoms with Gasteiger partial charge in [0.2, 0.25) is 6.41 Å². The Morgan fingerprint density at radius 1 is 1.53 bits per heavy atom. The topological polar surface area (TPSA) is 69.6 Å². The van der Waals surface area contributed by atoms with Gasteiger partial charge in [0.1, 0.15) is 0 Å². The number of alkyl halides is 3. The summed E-state index contributed by atoms with van der Waals surface area (Å²) in [5.41, 5.74) is 0. The Labute approximate surface area is 96.6 Å². The van der Waals surface area contributed by atoms with Gasteiger partial charge in [0.25, 0.3) is 0 Å². The summed E-state index contributed by atoms with van der Waals surface area (Å²) in [6.45, 7) is 1.40. The number of carbonyl (C=O) groups excluding carboxylic acids is 2. The fourth-order valence-electron chi connectivity index (χ4n) is 1.08. The number of carbonyl (C=O) groups is 2. The Bertz CT molecular complexity index is 269. The third-order valence-corrected chi connectivity index (χ3v) is 2.13. The van der Waals surface area contributed by atoms with Crippen LogP contribution in [-0.4, -0.2) is 54.2 Å². The number of amides is 2. The fraction of sp³-hybridized carbons (Fsp3) is 0.778. The van der Waals surface area contributed by atoms with E-state index in [1.54, 1.807) is 5.32 Å². The zero-order valence-corrected chi connectivity index (χ0v) is 9.49. The van der Waals surface area contributed by atoms with Crippen LogP contribution >= 0.6 is 0 Å². The smallest absolute Gasteiger partial charge is 0.391 e. The van der Waals surface area contributed by atoms with Crippen LogP contribution in [-0.2, 0) is 9.59 Å². The molecule has 0 aromatic carbocycles. The lowest BCUT2D eigenvalue weighted by molar-refractivity contribution is -0.175. The average molecular weight is 256 g/mol. The van der Waals surface area contributed by atoms with E-state index < -0.39 is 24.2 Å². The van der Waals surface area contributed by atoms with Crippen molar-refractivity contribution in [3.8, 4) is 0 Å². The normalized spacial score (nSPS) is 14.9. The van der Waals surface area contributed by atoms with Crippen LogP contribution in [0.5, 0.6) is 0 Å². The summed E-state index contributed by atoms with van der Waals surface area (Å²) in [7, 11) is 1.44. The minimum Gasteiger partial charge on any atom is -0.391 e. The van der Waals surface area contributed by atoms with Crippen LogP contribution in [0.3, 0.4) is 0 Å². The molecule has 0 bridgehead atoms. The highest BCUT2D eigenvalue weighted by molar-refractivity contribution is 5.81. The van der Waals surface area contributed by atoms with Gasteiger partial charge in [-0.3, -0.25) is 9.59 Å². The molecule has 0 aromatic heterocycles. The van der Waals surface area contributed by atoms with Crippen molar-refractivity contribution in [2.24, 2.45) is 0 Å². The highest BCUT2D eigenvalue weighted by Gasteiger charge is 2.40. The Balaban J connectivity index is 4.35. The summed E-state index contributed by atoms with van der Waals surface area (Å²) in [5.74, 6) is -2.10. The number of aliphatic hydroxyl groups is 1. The lowest BCUT2D eigenvalue weighted by atomic mass is 10.1. The van der Waals surface area contributed by atoms with Crippen LogP contribution in [0, 0.1) is 0 Å². The largest absolute Gasteiger partial charge is 0.471 e. The molecule has 0 saturated heterocycles. The first-order valence-electron chi connectivity index (χ1n) is 4.89. The number of hydrogen-bond donors (Lipinski definition) is 2. The van der Waals surface area contributed by atoms with Crippen LogP contribution in [0.2, 0.25) is 0 Å². The van der Waals surface area contributed by atoms with Crippen LogP contribution in [0.25, 0.3) is 0 Å². The zero-order chi connectivity index (χ0) is 13.6. The van der Waals surface area contributed by atoms with Crippen molar-refractivity contribution >= 4 is 12.3 Å². The van der Waals surface area contributed by atoms with E-state index in [0.717, 1.165) is 0 Å². The molecule has 0 spiro atoms. The third-order valence-electron chi connectivity index (χ3n) is 2.13. The maximum absolute atomic E-state index is 12.0. The molecule has 0 aliphatic rings. The van der Waals surface area contributed by atoms with Gasteiger partial charge in [-0.25, -0.2) is 0 Å². The van der Waals surface area contributed by atoms with E-state index in [1.807, 2.05) is 0 Å². The Morgan fingerprint density at radius 3 is 2.41 bits per heavy atom. The summed E-state index contributed by atoms with van der Waals surface area (Å²) >= 11 is 0. The van der Waals surface area contributed by atoms with Crippen LogP contribution in [0.1, 0.15) is 13.3 Å². The van der Waals surface area contributed by atoms with Crippen LogP contribution in [0.15, 0.2) is 0 Å². The van der Waals surface area contributed by atoms with Crippen molar-refractivity contribution in [2.45, 2.75) is 31.7 Å². The second-order valence-corrected chi connectivity index (χ2v) is 3.69. The number of nitrogens with one attached hydrogen (secondary N) is 1. The molecular weight excluding hydrogens is 241 g/mol. The highest BCUT2D eigenvalue weighted by Crippen LogP contribution is 2.15. The van der Waals surface area contributed by atoms with Gasteiger partial charge in [0, 0.05) is 13.6 Å². The molecule has 0 heterocycles. The molecule has 0 unspecified atom stereocenters. The van der Waals surface area contributed by atoms with Crippen molar-refractivity contribution in [2.75, 3.05) is 13.6 Å². The standard InChI is InChI=1S/C9H15F3N2O3/c1-6(16)7(3-4-14(2)5-15)13-8(17)9(10,11)12/h5-7,16H,3-4H2,1-2H3,(H,13,17)/t6-,7-/m0/s1. The van der Waals surface area contributed by atoms with E-state index >= 15 is 0 Å². The Hall–Kier alpha value is -1.31. The molecule has 2 atom stereocenters. The van der Waals surface area contributed by atoms with Crippen molar-refractivity contribution in [3.63, 3.8) is 0 Å². The van der Waals surface area contributed by atoms with Gasteiger partial charge in [-0.2, -0.15) is 13.2 Å². The van der Waals surface area contributed by atoms with Crippen molar-refractivity contribution < 1.29 is 27.9 Å². The van der Waals surface area contributed by atoms with E-state index in [0.29, 0.717) is 6.41 Å². The molecule has 0 fully saturated rings. The highest BCUT2D eigenvalue weighted by atomic mass is 19.4. The van der Waals surface area contributed by atoms with Gasteiger partial charge in [0.15, 0.2) is 0 Å². The lowest BCUT2D eigenvalue weighted by Crippen LogP contribution is -2.48. The molecule has 100 valence electrons. The molecule has 8 heteroatoms. The molecule has 0 rings (SSSR count). The van der Waals surface area contributed by atoms with Gasteiger partial charge in [-0.15, -0.1) is 0 Å². The molecule has 2 amide bonds. The number of rotatable bonds is 6. The van der Waals surface area contributed by atoms with Crippen molar-refractivity contribution in [1.29, 1.82) is 0 Å². The number of hydrogen-bond acceptors (Lipinski definition) is 3.